The fourth-order valence-electron chi connectivity index (χ4n) is 0.441. The molecule has 0 aliphatic carbocycles. The molecule has 0 saturated heterocycles. The van der Waals surface area contributed by atoms with E-state index in [1.54, 1.807) is 12.1 Å². The summed E-state index contributed by atoms with van der Waals surface area (Å²) in [6, 6.07) is 5.89. The van der Waals surface area contributed by atoms with Crippen LogP contribution in [0.2, 0.25) is 0 Å². The molecule has 47 valence electrons. The molecule has 0 fully saturated rings. The monoisotopic (exact) mass is 126 g/mol. The molecule has 3 heteroatoms. The standard InChI is InChI=1S/C6H5FNO/c7-5-9-6-3-1-2-4-8-6/h1-2,4H,5H2. The first-order valence-electron chi connectivity index (χ1n) is 2.45. The first kappa shape index (κ1) is 6.01. The molecule has 0 bridgehead atoms. The van der Waals surface area contributed by atoms with Crippen molar-refractivity contribution in [2.24, 2.45) is 0 Å². The molecular weight excluding hydrogens is 121 g/mol. The number of pyridine rings is 1. The van der Waals surface area contributed by atoms with Gasteiger partial charge in [-0.25, -0.2) is 9.37 Å². The third kappa shape index (κ3) is 1.68. The molecule has 9 heavy (non-hydrogen) atoms. The van der Waals surface area contributed by atoms with Crippen molar-refractivity contribution in [1.29, 1.82) is 0 Å². The molecule has 0 aliphatic heterocycles. The normalized spacial score (nSPS) is 9.00. The van der Waals surface area contributed by atoms with E-state index >= 15 is 0 Å². The van der Waals surface area contributed by atoms with E-state index in [2.05, 4.69) is 15.8 Å². The summed E-state index contributed by atoms with van der Waals surface area (Å²) in [5.74, 6) is 0.194. The van der Waals surface area contributed by atoms with Gasteiger partial charge in [0.1, 0.15) is 0 Å². The third-order valence-corrected chi connectivity index (χ3v) is 0.772. The Kier molecular flexibility index (Phi) is 2.01. The molecule has 1 radical (unpaired) electrons. The second-order valence-corrected chi connectivity index (χ2v) is 1.34. The fourth-order valence-corrected chi connectivity index (χ4v) is 0.441. The number of rotatable bonds is 2. The van der Waals surface area contributed by atoms with Crippen LogP contribution in [0.5, 0.6) is 5.88 Å². The van der Waals surface area contributed by atoms with Crippen molar-refractivity contribution in [1.82, 2.24) is 4.98 Å². The molecule has 0 saturated carbocycles. The van der Waals surface area contributed by atoms with Crippen LogP contribution >= 0.6 is 0 Å². The summed E-state index contributed by atoms with van der Waals surface area (Å²) in [5.41, 5.74) is 0. The van der Waals surface area contributed by atoms with Crippen molar-refractivity contribution >= 4 is 0 Å². The third-order valence-electron chi connectivity index (χ3n) is 0.772. The molecule has 1 aromatic heterocycles. The van der Waals surface area contributed by atoms with Gasteiger partial charge in [0, 0.05) is 12.3 Å². The summed E-state index contributed by atoms with van der Waals surface area (Å²) in [6.45, 7) is -0.854. The summed E-state index contributed by atoms with van der Waals surface area (Å²) in [7, 11) is 0. The highest BCUT2D eigenvalue weighted by atomic mass is 19.1. The van der Waals surface area contributed by atoms with Crippen LogP contribution in [0.15, 0.2) is 18.3 Å². The van der Waals surface area contributed by atoms with E-state index in [1.807, 2.05) is 0 Å². The second-order valence-electron chi connectivity index (χ2n) is 1.34. The SMILES string of the molecule is FCOc1[c]cccn1. The Labute approximate surface area is 52.3 Å². The van der Waals surface area contributed by atoms with Crippen molar-refractivity contribution in [2.45, 2.75) is 0 Å². The smallest absolute Gasteiger partial charge is 0.230 e. The molecule has 0 aromatic carbocycles. The molecule has 1 rings (SSSR count). The molecular formula is C6H5FNO. The van der Waals surface area contributed by atoms with Crippen LogP contribution in [0, 0.1) is 6.07 Å². The fraction of sp³-hybridized carbons (Fsp3) is 0.167. The number of hydrogen-bond donors (Lipinski definition) is 0. The lowest BCUT2D eigenvalue weighted by Gasteiger charge is -1.94. The van der Waals surface area contributed by atoms with E-state index in [1.165, 1.54) is 6.20 Å². The number of alkyl halides is 1. The number of nitrogens with zero attached hydrogens (tertiary/aromatic N) is 1. The Hall–Kier alpha value is -1.12. The van der Waals surface area contributed by atoms with Crippen LogP contribution in [-0.2, 0) is 0 Å². The summed E-state index contributed by atoms with van der Waals surface area (Å²) in [4.78, 5) is 3.65. The summed E-state index contributed by atoms with van der Waals surface area (Å²) in [5, 5.41) is 0. The average Bonchev–Trinajstić information content (AvgIpc) is 1.91. The largest absolute Gasteiger partial charge is 0.445 e. The first-order valence-corrected chi connectivity index (χ1v) is 2.45. The molecule has 0 unspecified atom stereocenters. The highest BCUT2D eigenvalue weighted by Gasteiger charge is 1.88. The highest BCUT2D eigenvalue weighted by Crippen LogP contribution is 2.00. The Morgan fingerprint density at radius 3 is 3.22 bits per heavy atom. The lowest BCUT2D eigenvalue weighted by atomic mass is 10.5. The van der Waals surface area contributed by atoms with Crippen molar-refractivity contribution < 1.29 is 9.13 Å². The zero-order valence-electron chi connectivity index (χ0n) is 4.67. The molecule has 1 heterocycles. The van der Waals surface area contributed by atoms with Gasteiger partial charge in [-0.15, -0.1) is 0 Å². The van der Waals surface area contributed by atoms with E-state index in [0.29, 0.717) is 0 Å². The number of aromatic nitrogens is 1. The molecule has 0 amide bonds. The second kappa shape index (κ2) is 3.02. The van der Waals surface area contributed by atoms with Crippen LogP contribution in [0.25, 0.3) is 0 Å². The van der Waals surface area contributed by atoms with Crippen molar-refractivity contribution in [3.05, 3.63) is 24.4 Å². The van der Waals surface area contributed by atoms with Crippen molar-refractivity contribution in [3.8, 4) is 5.88 Å². The van der Waals surface area contributed by atoms with E-state index in [4.69, 9.17) is 0 Å². The summed E-state index contributed by atoms with van der Waals surface area (Å²) in [6.07, 6.45) is 1.52. The van der Waals surface area contributed by atoms with Gasteiger partial charge in [-0.1, -0.05) is 0 Å². The minimum Gasteiger partial charge on any atom is -0.445 e. The van der Waals surface area contributed by atoms with Gasteiger partial charge in [-0.2, -0.15) is 0 Å². The number of hydrogen-bond acceptors (Lipinski definition) is 2. The van der Waals surface area contributed by atoms with Crippen LogP contribution in [0.4, 0.5) is 4.39 Å². The summed E-state index contributed by atoms with van der Waals surface area (Å²) < 4.78 is 15.8. The van der Waals surface area contributed by atoms with Gasteiger partial charge in [0.2, 0.25) is 12.7 Å². The van der Waals surface area contributed by atoms with Crippen molar-refractivity contribution in [3.63, 3.8) is 0 Å². The summed E-state index contributed by atoms with van der Waals surface area (Å²) >= 11 is 0. The Bertz CT molecular complexity index is 166. The quantitative estimate of drug-likeness (QED) is 0.593. The first-order chi connectivity index (χ1) is 4.43. The highest BCUT2D eigenvalue weighted by molar-refractivity contribution is 5.06. The van der Waals surface area contributed by atoms with E-state index in [9.17, 15) is 4.39 Å². The lowest BCUT2D eigenvalue weighted by Crippen LogP contribution is -1.91. The zero-order chi connectivity index (χ0) is 6.53. The Morgan fingerprint density at radius 1 is 1.78 bits per heavy atom. The van der Waals surface area contributed by atoms with Gasteiger partial charge in [-0.3, -0.25) is 0 Å². The molecule has 0 aliphatic rings. The number of halogens is 1. The predicted octanol–water partition coefficient (Wildman–Crippen LogP) is 1.19. The van der Waals surface area contributed by atoms with Gasteiger partial charge < -0.3 is 4.74 Å². The molecule has 1 aromatic rings. The minimum absolute atomic E-state index is 0.194. The predicted molar refractivity (Wildman–Crippen MR) is 29.7 cm³/mol. The van der Waals surface area contributed by atoms with Gasteiger partial charge in [0.05, 0.1) is 0 Å². The van der Waals surface area contributed by atoms with Crippen molar-refractivity contribution in [2.75, 3.05) is 6.86 Å². The molecule has 0 N–H and O–H groups in total. The van der Waals surface area contributed by atoms with Crippen LogP contribution in [0.3, 0.4) is 0 Å². The number of ether oxygens (including phenoxy) is 1. The van der Waals surface area contributed by atoms with Crippen LogP contribution in [-0.4, -0.2) is 11.8 Å². The Morgan fingerprint density at radius 2 is 2.67 bits per heavy atom. The van der Waals surface area contributed by atoms with Gasteiger partial charge in [0.25, 0.3) is 0 Å². The minimum atomic E-state index is -0.854. The average molecular weight is 126 g/mol. The van der Waals surface area contributed by atoms with E-state index in [0.717, 1.165) is 0 Å². The van der Waals surface area contributed by atoms with Gasteiger partial charge in [0.15, 0.2) is 0 Å². The molecule has 2 nitrogen and oxygen atoms in total. The maximum absolute atomic E-state index is 11.4. The van der Waals surface area contributed by atoms with Gasteiger partial charge >= 0.3 is 0 Å². The Balaban J connectivity index is 2.61. The lowest BCUT2D eigenvalue weighted by molar-refractivity contribution is 0.184. The van der Waals surface area contributed by atoms with Crippen LogP contribution < -0.4 is 4.74 Å². The van der Waals surface area contributed by atoms with E-state index < -0.39 is 6.86 Å². The topological polar surface area (TPSA) is 22.1 Å². The zero-order valence-corrected chi connectivity index (χ0v) is 4.67. The van der Waals surface area contributed by atoms with Crippen LogP contribution in [0.1, 0.15) is 0 Å². The maximum atomic E-state index is 11.4. The van der Waals surface area contributed by atoms with E-state index in [-0.39, 0.29) is 5.88 Å². The molecule has 0 spiro atoms. The molecule has 0 atom stereocenters. The maximum Gasteiger partial charge on any atom is 0.230 e. The van der Waals surface area contributed by atoms with Gasteiger partial charge in [-0.05, 0) is 12.1 Å².